The second-order valence-electron chi connectivity index (χ2n) is 3.18. The second-order valence-corrected chi connectivity index (χ2v) is 4.60. The third-order valence-electron chi connectivity index (χ3n) is 1.78. The van der Waals surface area contributed by atoms with Crippen molar-refractivity contribution in [3.8, 4) is 0 Å². The lowest BCUT2D eigenvalue weighted by molar-refractivity contribution is -0.136. The molecule has 1 atom stereocenters. The van der Waals surface area contributed by atoms with Gasteiger partial charge in [-0.25, -0.2) is 0 Å². The van der Waals surface area contributed by atoms with Crippen LogP contribution in [0.2, 0.25) is 0 Å². The van der Waals surface area contributed by atoms with E-state index in [-0.39, 0.29) is 11.7 Å². The molecule has 5 nitrogen and oxygen atoms in total. The van der Waals surface area contributed by atoms with Crippen molar-refractivity contribution < 1.29 is 14.4 Å². The number of hydrogen-bond acceptors (Lipinski definition) is 5. The molecular weight excluding hydrogens is 216 g/mol. The molecule has 1 aromatic heterocycles. The summed E-state index contributed by atoms with van der Waals surface area (Å²) in [6.45, 7) is 3.82. The van der Waals surface area contributed by atoms with Crippen LogP contribution in [0.15, 0.2) is 4.52 Å². The zero-order chi connectivity index (χ0) is 11.3. The molecule has 6 heteroatoms. The van der Waals surface area contributed by atoms with Crippen molar-refractivity contribution in [3.63, 3.8) is 0 Å². The average molecular weight is 230 g/mol. The van der Waals surface area contributed by atoms with Gasteiger partial charge < -0.3 is 9.63 Å². The van der Waals surface area contributed by atoms with E-state index in [0.717, 1.165) is 6.42 Å². The van der Waals surface area contributed by atoms with Crippen LogP contribution in [0.25, 0.3) is 0 Å². The van der Waals surface area contributed by atoms with Gasteiger partial charge in [-0.1, -0.05) is 19.0 Å². The van der Waals surface area contributed by atoms with Gasteiger partial charge in [0.1, 0.15) is 0 Å². The van der Waals surface area contributed by atoms with Crippen molar-refractivity contribution in [1.82, 2.24) is 10.1 Å². The predicted molar refractivity (Wildman–Crippen MR) is 56.7 cm³/mol. The molecule has 1 N–H and O–H groups in total. The minimum atomic E-state index is -0.783. The summed E-state index contributed by atoms with van der Waals surface area (Å²) in [6, 6.07) is 0. The topological polar surface area (TPSA) is 76.2 Å². The second kappa shape index (κ2) is 5.75. The van der Waals surface area contributed by atoms with Crippen LogP contribution >= 0.6 is 11.8 Å². The summed E-state index contributed by atoms with van der Waals surface area (Å²) in [5, 5.41) is 12.4. The molecule has 0 aromatic carbocycles. The molecular formula is C9H14N2O3S. The lowest BCUT2D eigenvalue weighted by Gasteiger charge is -2.04. The fourth-order valence-corrected chi connectivity index (χ4v) is 1.82. The monoisotopic (exact) mass is 230 g/mol. The number of aryl methyl sites for hydroxylation is 1. The van der Waals surface area contributed by atoms with E-state index >= 15 is 0 Å². The molecule has 1 aromatic rings. The number of carboxylic acids is 1. The molecule has 15 heavy (non-hydrogen) atoms. The fourth-order valence-electron chi connectivity index (χ4n) is 1.01. The van der Waals surface area contributed by atoms with Crippen LogP contribution in [0.3, 0.4) is 0 Å². The molecule has 0 fully saturated rings. The van der Waals surface area contributed by atoms with Gasteiger partial charge in [-0.3, -0.25) is 4.79 Å². The molecule has 0 bridgehead atoms. The van der Waals surface area contributed by atoms with Crippen molar-refractivity contribution in [2.45, 2.75) is 37.7 Å². The normalized spacial score (nSPS) is 12.7. The van der Waals surface area contributed by atoms with E-state index in [9.17, 15) is 4.79 Å². The van der Waals surface area contributed by atoms with E-state index < -0.39 is 5.97 Å². The quantitative estimate of drug-likeness (QED) is 0.802. The third kappa shape index (κ3) is 4.33. The zero-order valence-electron chi connectivity index (χ0n) is 8.77. The van der Waals surface area contributed by atoms with Gasteiger partial charge in [-0.2, -0.15) is 4.98 Å². The van der Waals surface area contributed by atoms with Crippen molar-refractivity contribution in [3.05, 3.63) is 11.7 Å². The summed E-state index contributed by atoms with van der Waals surface area (Å²) in [4.78, 5) is 14.5. The first-order valence-electron chi connectivity index (χ1n) is 4.76. The average Bonchev–Trinajstić information content (AvgIpc) is 2.61. The predicted octanol–water partition coefficient (Wildman–Crippen LogP) is 1.73. The lowest BCUT2D eigenvalue weighted by Crippen LogP contribution is -2.05. The van der Waals surface area contributed by atoms with E-state index in [1.807, 2.05) is 13.8 Å². The first kappa shape index (κ1) is 12.0. The van der Waals surface area contributed by atoms with Crippen LogP contribution in [-0.2, 0) is 17.0 Å². The van der Waals surface area contributed by atoms with Crippen molar-refractivity contribution >= 4 is 17.7 Å². The first-order valence-corrected chi connectivity index (χ1v) is 5.81. The Kier molecular flexibility index (Phi) is 4.61. The highest BCUT2D eigenvalue weighted by Crippen LogP contribution is 2.18. The van der Waals surface area contributed by atoms with E-state index in [2.05, 4.69) is 10.1 Å². The van der Waals surface area contributed by atoms with Gasteiger partial charge in [0.25, 0.3) is 0 Å². The number of thioether (sulfide) groups is 1. The fraction of sp³-hybridized carbons (Fsp3) is 0.667. The third-order valence-corrected chi connectivity index (χ3v) is 2.93. The molecule has 1 unspecified atom stereocenters. The Morgan fingerprint density at radius 2 is 2.40 bits per heavy atom. The Balaban J connectivity index is 2.33. The number of carboxylic acid groups (broad SMARTS) is 1. The molecule has 0 spiro atoms. The molecule has 1 rings (SSSR count). The number of aromatic nitrogens is 2. The Labute approximate surface area is 92.2 Å². The maximum Gasteiger partial charge on any atom is 0.304 e. The molecule has 0 saturated carbocycles. The van der Waals surface area contributed by atoms with Crippen molar-refractivity contribution in [1.29, 1.82) is 0 Å². The number of aliphatic carboxylic acids is 1. The van der Waals surface area contributed by atoms with Gasteiger partial charge in [-0.05, 0) is 0 Å². The standard InChI is InChI=1S/C9H14N2O3S/c1-3-7-10-8(14-11-7)5-15-6(2)4-9(12)13/h6H,3-5H2,1-2H3,(H,12,13). The van der Waals surface area contributed by atoms with Gasteiger partial charge in [0.15, 0.2) is 5.82 Å². The Morgan fingerprint density at radius 1 is 1.67 bits per heavy atom. The molecule has 0 aliphatic carbocycles. The number of nitrogens with zero attached hydrogens (tertiary/aromatic N) is 2. The largest absolute Gasteiger partial charge is 0.481 e. The molecule has 0 radical (unpaired) electrons. The number of rotatable bonds is 6. The number of carbonyl (C=O) groups is 1. The van der Waals surface area contributed by atoms with Crippen LogP contribution in [0.5, 0.6) is 0 Å². The molecule has 0 amide bonds. The maximum absolute atomic E-state index is 10.4. The highest BCUT2D eigenvalue weighted by atomic mass is 32.2. The van der Waals surface area contributed by atoms with Crippen molar-refractivity contribution in [2.75, 3.05) is 0 Å². The summed E-state index contributed by atoms with van der Waals surface area (Å²) in [5.74, 6) is 1.04. The molecule has 84 valence electrons. The molecule has 0 aliphatic rings. The highest BCUT2D eigenvalue weighted by molar-refractivity contribution is 7.99. The van der Waals surface area contributed by atoms with Crippen molar-refractivity contribution in [2.24, 2.45) is 0 Å². The summed E-state index contributed by atoms with van der Waals surface area (Å²) >= 11 is 1.50. The molecule has 0 aliphatic heterocycles. The smallest absolute Gasteiger partial charge is 0.304 e. The van der Waals surface area contributed by atoms with Crippen LogP contribution in [0.1, 0.15) is 32.0 Å². The van der Waals surface area contributed by atoms with E-state index in [1.165, 1.54) is 11.8 Å². The maximum atomic E-state index is 10.4. The van der Waals surface area contributed by atoms with Crippen LogP contribution in [0, 0.1) is 0 Å². The van der Waals surface area contributed by atoms with Crippen LogP contribution < -0.4 is 0 Å². The molecule has 1 heterocycles. The summed E-state index contributed by atoms with van der Waals surface area (Å²) < 4.78 is 4.98. The molecule has 0 saturated heterocycles. The number of hydrogen-bond donors (Lipinski definition) is 1. The Morgan fingerprint density at radius 3 is 2.93 bits per heavy atom. The lowest BCUT2D eigenvalue weighted by atomic mass is 10.3. The first-order chi connectivity index (χ1) is 7.11. The zero-order valence-corrected chi connectivity index (χ0v) is 9.58. The van der Waals surface area contributed by atoms with Crippen LogP contribution in [-0.4, -0.2) is 26.5 Å². The van der Waals surface area contributed by atoms with Gasteiger partial charge in [0.2, 0.25) is 5.89 Å². The summed E-state index contributed by atoms with van der Waals surface area (Å²) in [5.41, 5.74) is 0. The van der Waals surface area contributed by atoms with Gasteiger partial charge in [0.05, 0.1) is 12.2 Å². The van der Waals surface area contributed by atoms with Gasteiger partial charge >= 0.3 is 5.97 Å². The summed E-state index contributed by atoms with van der Waals surface area (Å²) in [7, 11) is 0. The minimum absolute atomic E-state index is 0.0551. The van der Waals surface area contributed by atoms with E-state index in [1.54, 1.807) is 0 Å². The minimum Gasteiger partial charge on any atom is -0.481 e. The van der Waals surface area contributed by atoms with Crippen LogP contribution in [0.4, 0.5) is 0 Å². The van der Waals surface area contributed by atoms with E-state index in [4.69, 9.17) is 9.63 Å². The SMILES string of the molecule is CCc1noc(CSC(C)CC(=O)O)n1. The summed E-state index contributed by atoms with van der Waals surface area (Å²) in [6.07, 6.45) is 0.901. The van der Waals surface area contributed by atoms with Gasteiger partial charge in [0, 0.05) is 11.7 Å². The van der Waals surface area contributed by atoms with E-state index in [0.29, 0.717) is 17.5 Å². The highest BCUT2D eigenvalue weighted by Gasteiger charge is 2.11. The Hall–Kier alpha value is -1.04. The Bertz CT molecular complexity index is 327. The van der Waals surface area contributed by atoms with Gasteiger partial charge in [-0.15, -0.1) is 11.8 Å².